The molecule has 0 aliphatic heterocycles. The minimum absolute atomic E-state index is 0. The van der Waals surface area contributed by atoms with Gasteiger partial charge in [0.15, 0.2) is 0 Å². The van der Waals surface area contributed by atoms with Crippen LogP contribution < -0.4 is 0 Å². The Morgan fingerprint density at radius 1 is 1.83 bits per heavy atom. The van der Waals surface area contributed by atoms with Crippen LogP contribution in [0.5, 0.6) is 0 Å². The molecule has 0 unspecified atom stereocenters. The van der Waals surface area contributed by atoms with Gasteiger partial charge in [-0.1, -0.05) is 0 Å². The molecule has 0 saturated heterocycles. The molecule has 2 nitrogen and oxygen atoms in total. The van der Waals surface area contributed by atoms with E-state index in [9.17, 15) is 0 Å². The molecule has 6 heavy (non-hydrogen) atoms. The van der Waals surface area contributed by atoms with E-state index in [0.29, 0.717) is 0 Å². The molecule has 0 bridgehead atoms. The van der Waals surface area contributed by atoms with Gasteiger partial charge in [-0.2, -0.15) is 0 Å². The maximum absolute atomic E-state index is 9.00. The van der Waals surface area contributed by atoms with Crippen LogP contribution in [0.15, 0.2) is 0 Å². The van der Waals surface area contributed by atoms with Crippen molar-refractivity contribution in [2.75, 3.05) is 0 Å². The smallest absolute Gasteiger partial charge is 1.00 e. The second-order valence-corrected chi connectivity index (χ2v) is 0.519. The van der Waals surface area contributed by atoms with Crippen LogP contribution in [-0.2, 0) is 25.2 Å². The second-order valence-electron chi connectivity index (χ2n) is 0.519. The van der Waals surface area contributed by atoms with Gasteiger partial charge < -0.3 is 7.96 Å². The molecule has 0 fully saturated rings. The summed E-state index contributed by atoms with van der Waals surface area (Å²) in [5.41, 5.74) is 0. The van der Waals surface area contributed by atoms with Crippen molar-refractivity contribution in [2.24, 2.45) is 0 Å². The molecule has 38 valence electrons. The van der Waals surface area contributed by atoms with Crippen molar-refractivity contribution in [3.8, 4) is 0 Å². The van der Waals surface area contributed by atoms with Crippen molar-refractivity contribution in [3.63, 3.8) is 0 Å². The average Bonchev–Trinajstić information content (AvgIpc) is 0.811. The Labute approximate surface area is 93.4 Å². The fourth-order valence-corrected chi connectivity index (χ4v) is 0. The SMILES string of the molecule is CC(=O)O.[Ba+2].[H-].[H-].[Pd]. The monoisotopic (exact) mass is 306 g/mol. The molecule has 0 amide bonds. The quantitative estimate of drug-likeness (QED) is 0.636. The van der Waals surface area contributed by atoms with Gasteiger partial charge in [0, 0.05) is 27.3 Å². The van der Waals surface area contributed by atoms with Gasteiger partial charge in [0.2, 0.25) is 0 Å². The molecule has 0 aromatic carbocycles. The van der Waals surface area contributed by atoms with Gasteiger partial charge >= 0.3 is 48.9 Å². The van der Waals surface area contributed by atoms with Crippen LogP contribution in [0.25, 0.3) is 0 Å². The Morgan fingerprint density at radius 2 is 1.83 bits per heavy atom. The van der Waals surface area contributed by atoms with E-state index in [0.717, 1.165) is 6.92 Å². The molecule has 0 aromatic rings. The molecule has 4 heteroatoms. The number of hydrogen-bond acceptors (Lipinski definition) is 1. The van der Waals surface area contributed by atoms with Crippen molar-refractivity contribution < 1.29 is 33.2 Å². The third-order valence-corrected chi connectivity index (χ3v) is 0. The van der Waals surface area contributed by atoms with Crippen LogP contribution >= 0.6 is 0 Å². The topological polar surface area (TPSA) is 37.3 Å². The first kappa shape index (κ1) is 15.6. The van der Waals surface area contributed by atoms with E-state index in [4.69, 9.17) is 9.90 Å². The van der Waals surface area contributed by atoms with E-state index >= 15 is 0 Å². The zero-order chi connectivity index (χ0) is 3.58. The van der Waals surface area contributed by atoms with Crippen molar-refractivity contribution in [1.82, 2.24) is 0 Å². The number of hydrogen-bond donors (Lipinski definition) is 1. The van der Waals surface area contributed by atoms with Gasteiger partial charge in [-0.25, -0.2) is 0 Å². The molecule has 0 heterocycles. The van der Waals surface area contributed by atoms with Gasteiger partial charge in [0.1, 0.15) is 0 Å². The summed E-state index contributed by atoms with van der Waals surface area (Å²) in [6, 6.07) is 0. The van der Waals surface area contributed by atoms with Gasteiger partial charge in [-0.3, -0.25) is 4.79 Å². The van der Waals surface area contributed by atoms with Crippen molar-refractivity contribution in [3.05, 3.63) is 0 Å². The molecule has 0 rings (SSSR count). The van der Waals surface area contributed by atoms with Crippen LogP contribution in [0, 0.1) is 0 Å². The van der Waals surface area contributed by atoms with E-state index < -0.39 is 5.97 Å². The predicted octanol–water partition coefficient (Wildman–Crippen LogP) is -0.0674. The number of aliphatic carboxylic acids is 1. The van der Waals surface area contributed by atoms with Crippen LogP contribution in [0.3, 0.4) is 0 Å². The fraction of sp³-hybridized carbons (Fsp3) is 0.500. The number of carbonyl (C=O) groups is 1. The van der Waals surface area contributed by atoms with Gasteiger partial charge in [0.05, 0.1) is 0 Å². The Balaban J connectivity index is -0.00000000750. The summed E-state index contributed by atoms with van der Waals surface area (Å²) < 4.78 is 0. The fourth-order valence-electron chi connectivity index (χ4n) is 0. The Morgan fingerprint density at radius 3 is 1.83 bits per heavy atom. The molecule has 0 spiro atoms. The zero-order valence-corrected chi connectivity index (χ0v) is 9.37. The number of rotatable bonds is 0. The van der Waals surface area contributed by atoms with Crippen molar-refractivity contribution in [1.29, 1.82) is 0 Å². The molecular weight excluding hydrogens is 300 g/mol. The molecule has 1 N–H and O–H groups in total. The van der Waals surface area contributed by atoms with Crippen molar-refractivity contribution in [2.45, 2.75) is 6.92 Å². The first-order valence-electron chi connectivity index (χ1n) is 0.928. The predicted molar refractivity (Wildman–Crippen MR) is 21.3 cm³/mol. The largest absolute Gasteiger partial charge is 2.00 e. The first-order valence-corrected chi connectivity index (χ1v) is 0.928. The number of carboxylic acid groups (broad SMARTS) is 1. The van der Waals surface area contributed by atoms with E-state index in [1.165, 1.54) is 0 Å². The minimum Gasteiger partial charge on any atom is -1.00 e. The van der Waals surface area contributed by atoms with Crippen LogP contribution in [0.4, 0.5) is 0 Å². The number of carboxylic acids is 1. The molecule has 0 aliphatic carbocycles. The molecular formula is C2H6BaO2Pd. The summed E-state index contributed by atoms with van der Waals surface area (Å²) in [5.74, 6) is -0.833. The maximum atomic E-state index is 9.00. The van der Waals surface area contributed by atoms with Gasteiger partial charge in [-0.05, 0) is 0 Å². The normalized spacial score (nSPS) is 4.17. The Hall–Kier alpha value is 1.70. The van der Waals surface area contributed by atoms with Crippen molar-refractivity contribution >= 4 is 54.9 Å². The first-order chi connectivity index (χ1) is 1.73. The third-order valence-electron chi connectivity index (χ3n) is 0. The minimum atomic E-state index is -0.833. The molecule has 0 atom stereocenters. The summed E-state index contributed by atoms with van der Waals surface area (Å²) >= 11 is 0. The zero-order valence-electron chi connectivity index (χ0n) is 5.38. The van der Waals surface area contributed by atoms with E-state index in [1.807, 2.05) is 0 Å². The van der Waals surface area contributed by atoms with E-state index in [2.05, 4.69) is 0 Å². The Bertz CT molecular complexity index is 41.0. The van der Waals surface area contributed by atoms with Crippen LogP contribution in [0.2, 0.25) is 0 Å². The summed E-state index contributed by atoms with van der Waals surface area (Å²) in [6.45, 7) is 1.08. The average molecular weight is 306 g/mol. The molecule has 0 aliphatic rings. The van der Waals surface area contributed by atoms with Crippen LogP contribution in [-0.4, -0.2) is 60.0 Å². The summed E-state index contributed by atoms with van der Waals surface area (Å²) in [7, 11) is 0. The summed E-state index contributed by atoms with van der Waals surface area (Å²) in [6.07, 6.45) is 0. The standard InChI is InChI=1S/C2H4O2.Ba.Pd.2H/c1-2(3)4;;;;/h1H3,(H,3,4);;;;/q;+2;;2*-1. The summed E-state index contributed by atoms with van der Waals surface area (Å²) in [4.78, 5) is 9.00. The third kappa shape index (κ3) is 43.5. The van der Waals surface area contributed by atoms with Gasteiger partial charge in [0.25, 0.3) is 5.97 Å². The summed E-state index contributed by atoms with van der Waals surface area (Å²) in [5, 5.41) is 7.42. The van der Waals surface area contributed by atoms with Crippen LogP contribution in [0.1, 0.15) is 9.78 Å². The van der Waals surface area contributed by atoms with E-state index in [-0.39, 0.29) is 72.2 Å². The Kier molecular flexibility index (Phi) is 25.7. The second kappa shape index (κ2) is 9.86. The van der Waals surface area contributed by atoms with E-state index in [1.54, 1.807) is 0 Å². The molecule has 0 aromatic heterocycles. The molecule has 0 saturated carbocycles. The maximum Gasteiger partial charge on any atom is 2.00 e. The molecule has 0 radical (unpaired) electrons. The van der Waals surface area contributed by atoms with Gasteiger partial charge in [-0.15, -0.1) is 0 Å².